The van der Waals surface area contributed by atoms with Gasteiger partial charge in [-0.15, -0.1) is 0 Å². The van der Waals surface area contributed by atoms with Crippen LogP contribution in [0.1, 0.15) is 47.0 Å². The fraction of sp³-hybridized carbons (Fsp3) is 0.294. The molecule has 0 saturated carbocycles. The molecule has 0 fully saturated rings. The molecule has 0 unspecified atom stereocenters. The molecule has 122 valence electrons. The van der Waals surface area contributed by atoms with Gasteiger partial charge in [-0.25, -0.2) is 0 Å². The summed E-state index contributed by atoms with van der Waals surface area (Å²) in [4.78, 5) is 26.4. The molecule has 0 saturated heterocycles. The third-order valence-corrected chi connectivity index (χ3v) is 3.27. The van der Waals surface area contributed by atoms with E-state index in [4.69, 9.17) is 4.74 Å². The second-order valence-corrected chi connectivity index (χ2v) is 5.07. The number of amides is 2. The topological polar surface area (TPSA) is 83.2 Å². The first-order chi connectivity index (χ1) is 11.2. The molecular weight excluding hydrogens is 294 g/mol. The quantitative estimate of drug-likeness (QED) is 0.542. The molecule has 2 aromatic rings. The minimum atomic E-state index is -0.403. The van der Waals surface area contributed by atoms with Gasteiger partial charge in [-0.1, -0.05) is 19.8 Å². The number of nitrogens with one attached hydrogen (secondary N) is 3. The third-order valence-electron chi connectivity index (χ3n) is 3.27. The molecule has 1 aromatic carbocycles. The van der Waals surface area contributed by atoms with E-state index in [0.29, 0.717) is 17.9 Å². The Hall–Kier alpha value is -2.76. The molecule has 6 heteroatoms. The van der Waals surface area contributed by atoms with Crippen molar-refractivity contribution in [3.05, 3.63) is 53.9 Å². The van der Waals surface area contributed by atoms with Crippen molar-refractivity contribution in [1.29, 1.82) is 0 Å². The monoisotopic (exact) mass is 315 g/mol. The first kappa shape index (κ1) is 16.6. The van der Waals surface area contributed by atoms with Crippen LogP contribution in [0, 0.1) is 0 Å². The van der Waals surface area contributed by atoms with Crippen LogP contribution in [-0.4, -0.2) is 23.4 Å². The summed E-state index contributed by atoms with van der Waals surface area (Å²) in [5.74, 6) is -0.0604. The van der Waals surface area contributed by atoms with Gasteiger partial charge in [0, 0.05) is 11.8 Å². The zero-order chi connectivity index (χ0) is 16.5. The van der Waals surface area contributed by atoms with Gasteiger partial charge in [0.15, 0.2) is 0 Å². The molecule has 0 aliphatic heterocycles. The minimum Gasteiger partial charge on any atom is -0.494 e. The number of hydrazine groups is 1. The molecule has 0 atom stereocenters. The van der Waals surface area contributed by atoms with Crippen LogP contribution in [0.25, 0.3) is 0 Å². The zero-order valence-electron chi connectivity index (χ0n) is 13.1. The van der Waals surface area contributed by atoms with Crippen molar-refractivity contribution in [1.82, 2.24) is 15.8 Å². The normalized spacial score (nSPS) is 10.1. The van der Waals surface area contributed by atoms with Crippen LogP contribution in [0.5, 0.6) is 5.75 Å². The Morgan fingerprint density at radius 2 is 1.78 bits per heavy atom. The number of benzene rings is 1. The van der Waals surface area contributed by atoms with Crippen LogP contribution >= 0.6 is 0 Å². The Morgan fingerprint density at radius 1 is 1.04 bits per heavy atom. The summed E-state index contributed by atoms with van der Waals surface area (Å²) in [6.07, 6.45) is 4.94. The van der Waals surface area contributed by atoms with Crippen molar-refractivity contribution in [2.75, 3.05) is 6.61 Å². The molecule has 0 aliphatic carbocycles. The molecule has 0 radical (unpaired) electrons. The number of hydrogen-bond acceptors (Lipinski definition) is 3. The molecule has 3 N–H and O–H groups in total. The number of aromatic amines is 1. The highest BCUT2D eigenvalue weighted by molar-refractivity contribution is 5.98. The van der Waals surface area contributed by atoms with Crippen LogP contribution in [0.15, 0.2) is 42.6 Å². The highest BCUT2D eigenvalue weighted by Gasteiger charge is 2.09. The molecule has 2 rings (SSSR count). The summed E-state index contributed by atoms with van der Waals surface area (Å²) >= 11 is 0. The third kappa shape index (κ3) is 5.18. The summed E-state index contributed by atoms with van der Waals surface area (Å²) in [6, 6.07) is 10.1. The summed E-state index contributed by atoms with van der Waals surface area (Å²) in [5, 5.41) is 0. The highest BCUT2D eigenvalue weighted by Crippen LogP contribution is 2.12. The van der Waals surface area contributed by atoms with E-state index in [-0.39, 0.29) is 5.91 Å². The first-order valence-electron chi connectivity index (χ1n) is 7.67. The Morgan fingerprint density at radius 3 is 2.43 bits per heavy atom. The van der Waals surface area contributed by atoms with E-state index in [1.165, 1.54) is 0 Å². The lowest BCUT2D eigenvalue weighted by Crippen LogP contribution is -2.41. The SMILES string of the molecule is CCCCCOc1ccc(C(=O)NNC(=O)c2ccc[nH]2)cc1. The van der Waals surface area contributed by atoms with Crippen molar-refractivity contribution in [3.8, 4) is 5.75 Å². The number of rotatable bonds is 7. The van der Waals surface area contributed by atoms with Crippen LogP contribution in [-0.2, 0) is 0 Å². The summed E-state index contributed by atoms with van der Waals surface area (Å²) in [6.45, 7) is 2.81. The lowest BCUT2D eigenvalue weighted by atomic mass is 10.2. The van der Waals surface area contributed by atoms with E-state index in [2.05, 4.69) is 22.8 Å². The van der Waals surface area contributed by atoms with E-state index in [9.17, 15) is 9.59 Å². The van der Waals surface area contributed by atoms with Crippen molar-refractivity contribution in [2.45, 2.75) is 26.2 Å². The molecule has 0 bridgehead atoms. The number of hydrogen-bond donors (Lipinski definition) is 3. The van der Waals surface area contributed by atoms with Gasteiger partial charge < -0.3 is 9.72 Å². The Balaban J connectivity index is 1.79. The summed E-state index contributed by atoms with van der Waals surface area (Å²) in [5.41, 5.74) is 5.53. The standard InChI is InChI=1S/C17H21N3O3/c1-2-3-4-12-23-14-9-7-13(8-10-14)16(21)19-20-17(22)15-6-5-11-18-15/h5-11,18H,2-4,12H2,1H3,(H,19,21)(H,20,22). The second-order valence-electron chi connectivity index (χ2n) is 5.07. The molecule has 0 aliphatic rings. The molecular formula is C17H21N3O3. The second kappa shape index (κ2) is 8.63. The predicted molar refractivity (Wildman–Crippen MR) is 87.2 cm³/mol. The number of H-pyrrole nitrogens is 1. The molecule has 1 heterocycles. The van der Waals surface area contributed by atoms with Crippen LogP contribution in [0.3, 0.4) is 0 Å². The smallest absolute Gasteiger partial charge is 0.286 e. The largest absolute Gasteiger partial charge is 0.494 e. The first-order valence-corrected chi connectivity index (χ1v) is 7.67. The number of carbonyl (C=O) groups is 2. The van der Waals surface area contributed by atoms with Crippen LogP contribution in [0.2, 0.25) is 0 Å². The van der Waals surface area contributed by atoms with E-state index >= 15 is 0 Å². The zero-order valence-corrected chi connectivity index (χ0v) is 13.1. The van der Waals surface area contributed by atoms with Gasteiger partial charge in [0.05, 0.1) is 6.61 Å². The van der Waals surface area contributed by atoms with Gasteiger partial charge in [0.25, 0.3) is 11.8 Å². The van der Waals surface area contributed by atoms with Crippen molar-refractivity contribution < 1.29 is 14.3 Å². The van der Waals surface area contributed by atoms with Crippen molar-refractivity contribution in [2.24, 2.45) is 0 Å². The molecule has 6 nitrogen and oxygen atoms in total. The van der Waals surface area contributed by atoms with Crippen molar-refractivity contribution >= 4 is 11.8 Å². The lowest BCUT2D eigenvalue weighted by molar-refractivity contribution is 0.0844. The van der Waals surface area contributed by atoms with Gasteiger partial charge >= 0.3 is 0 Å². The van der Waals surface area contributed by atoms with E-state index < -0.39 is 5.91 Å². The summed E-state index contributed by atoms with van der Waals surface area (Å²) in [7, 11) is 0. The molecule has 0 spiro atoms. The fourth-order valence-corrected chi connectivity index (χ4v) is 1.97. The lowest BCUT2D eigenvalue weighted by Gasteiger charge is -2.08. The number of unbranched alkanes of at least 4 members (excludes halogenated alkanes) is 2. The number of carbonyl (C=O) groups excluding carboxylic acids is 2. The van der Waals surface area contributed by atoms with Gasteiger partial charge in [-0.3, -0.25) is 20.4 Å². The molecule has 23 heavy (non-hydrogen) atoms. The minimum absolute atomic E-state index is 0.376. The number of ether oxygens (including phenoxy) is 1. The fourth-order valence-electron chi connectivity index (χ4n) is 1.97. The molecule has 2 amide bonds. The van der Waals surface area contributed by atoms with E-state index in [1.54, 1.807) is 42.6 Å². The number of aromatic nitrogens is 1. The summed E-state index contributed by atoms with van der Waals surface area (Å²) < 4.78 is 5.58. The van der Waals surface area contributed by atoms with E-state index in [0.717, 1.165) is 25.0 Å². The average Bonchev–Trinajstić information content (AvgIpc) is 3.11. The van der Waals surface area contributed by atoms with Gasteiger partial charge in [0.2, 0.25) is 0 Å². The maximum Gasteiger partial charge on any atom is 0.286 e. The average molecular weight is 315 g/mol. The van der Waals surface area contributed by atoms with Crippen LogP contribution < -0.4 is 15.6 Å². The van der Waals surface area contributed by atoms with E-state index in [1.807, 2.05) is 0 Å². The predicted octanol–water partition coefficient (Wildman–Crippen LogP) is 2.66. The molecule has 1 aromatic heterocycles. The Kier molecular flexibility index (Phi) is 6.23. The maximum atomic E-state index is 12.0. The van der Waals surface area contributed by atoms with Gasteiger partial charge in [0.1, 0.15) is 11.4 Å². The Bertz CT molecular complexity index is 621. The van der Waals surface area contributed by atoms with Crippen molar-refractivity contribution in [3.63, 3.8) is 0 Å². The van der Waals surface area contributed by atoms with Gasteiger partial charge in [-0.2, -0.15) is 0 Å². The Labute approximate surface area is 135 Å². The maximum absolute atomic E-state index is 12.0. The van der Waals surface area contributed by atoms with Crippen LogP contribution in [0.4, 0.5) is 0 Å². The highest BCUT2D eigenvalue weighted by atomic mass is 16.5. The van der Waals surface area contributed by atoms with Gasteiger partial charge in [-0.05, 0) is 42.8 Å².